The van der Waals surface area contributed by atoms with Gasteiger partial charge in [-0.2, -0.15) is 0 Å². The van der Waals surface area contributed by atoms with Crippen LogP contribution in [0.15, 0.2) is 0 Å². The van der Waals surface area contributed by atoms with Gasteiger partial charge in [-0.1, -0.05) is 26.2 Å². The van der Waals surface area contributed by atoms with Crippen molar-refractivity contribution in [3.8, 4) is 0 Å². The van der Waals surface area contributed by atoms with Crippen LogP contribution in [0.2, 0.25) is 0 Å². The quantitative estimate of drug-likeness (QED) is 0.654. The predicted molar refractivity (Wildman–Crippen MR) is 59.2 cm³/mol. The van der Waals surface area contributed by atoms with Gasteiger partial charge in [-0.15, -0.1) is 0 Å². The number of rotatable bonds is 7. The van der Waals surface area contributed by atoms with Crippen molar-refractivity contribution in [1.82, 2.24) is 5.32 Å². The summed E-state index contributed by atoms with van der Waals surface area (Å²) < 4.78 is 22.2. The molecule has 1 aliphatic carbocycles. The number of nitrogens with one attached hydrogen (secondary N) is 1. The fraction of sp³-hybridized carbons (Fsp3) is 1.00. The highest BCUT2D eigenvalue weighted by atomic mass is 32.2. The van der Waals surface area contributed by atoms with E-state index in [1.165, 1.54) is 25.7 Å². The van der Waals surface area contributed by atoms with Crippen LogP contribution in [0, 0.1) is 5.92 Å². The second-order valence-corrected chi connectivity index (χ2v) is 6.54. The maximum Gasteiger partial charge on any atom is 0.151 e. The molecule has 3 nitrogen and oxygen atoms in total. The van der Waals surface area contributed by atoms with Gasteiger partial charge in [0.2, 0.25) is 0 Å². The van der Waals surface area contributed by atoms with E-state index >= 15 is 0 Å². The SMILES string of the molecule is CCS(=O)(=O)CCNCCC1CCC1. The summed E-state index contributed by atoms with van der Waals surface area (Å²) in [5.41, 5.74) is 0. The highest BCUT2D eigenvalue weighted by molar-refractivity contribution is 7.91. The van der Waals surface area contributed by atoms with Crippen molar-refractivity contribution in [2.45, 2.75) is 32.6 Å². The molecule has 0 atom stereocenters. The summed E-state index contributed by atoms with van der Waals surface area (Å²) in [6.07, 6.45) is 5.34. The summed E-state index contributed by atoms with van der Waals surface area (Å²) in [5, 5.41) is 3.20. The van der Waals surface area contributed by atoms with E-state index in [-0.39, 0.29) is 11.5 Å². The minimum Gasteiger partial charge on any atom is -0.316 e. The Balaban J connectivity index is 1.93. The second kappa shape index (κ2) is 5.71. The standard InChI is InChI=1S/C10H21NO2S/c1-2-14(12,13)9-8-11-7-6-10-4-3-5-10/h10-11H,2-9H2,1H3. The zero-order chi connectivity index (χ0) is 10.4. The van der Waals surface area contributed by atoms with E-state index in [2.05, 4.69) is 5.32 Å². The Morgan fingerprint density at radius 2 is 2.00 bits per heavy atom. The van der Waals surface area contributed by atoms with Crippen LogP contribution in [-0.2, 0) is 9.84 Å². The van der Waals surface area contributed by atoms with E-state index in [4.69, 9.17) is 0 Å². The molecular weight excluding hydrogens is 198 g/mol. The van der Waals surface area contributed by atoms with Crippen molar-refractivity contribution < 1.29 is 8.42 Å². The van der Waals surface area contributed by atoms with Crippen LogP contribution in [0.5, 0.6) is 0 Å². The zero-order valence-electron chi connectivity index (χ0n) is 8.96. The van der Waals surface area contributed by atoms with Crippen LogP contribution >= 0.6 is 0 Å². The molecule has 1 saturated carbocycles. The summed E-state index contributed by atoms with van der Waals surface area (Å²) in [4.78, 5) is 0. The molecule has 14 heavy (non-hydrogen) atoms. The third kappa shape index (κ3) is 4.42. The van der Waals surface area contributed by atoms with Gasteiger partial charge in [0.25, 0.3) is 0 Å². The van der Waals surface area contributed by atoms with E-state index in [0.717, 1.165) is 12.5 Å². The van der Waals surface area contributed by atoms with Crippen molar-refractivity contribution in [1.29, 1.82) is 0 Å². The number of hydrogen-bond acceptors (Lipinski definition) is 3. The molecule has 1 rings (SSSR count). The molecule has 0 saturated heterocycles. The average Bonchev–Trinajstić information content (AvgIpc) is 2.08. The van der Waals surface area contributed by atoms with Crippen LogP contribution in [-0.4, -0.2) is 33.0 Å². The normalized spacial score (nSPS) is 18.1. The summed E-state index contributed by atoms with van der Waals surface area (Å²) in [6.45, 7) is 3.29. The summed E-state index contributed by atoms with van der Waals surface area (Å²) >= 11 is 0. The predicted octanol–water partition coefficient (Wildman–Crippen LogP) is 1.20. The smallest absolute Gasteiger partial charge is 0.151 e. The molecule has 0 aromatic carbocycles. The first kappa shape index (κ1) is 12.0. The molecule has 4 heteroatoms. The lowest BCUT2D eigenvalue weighted by atomic mass is 9.83. The number of sulfone groups is 1. The average molecular weight is 219 g/mol. The molecule has 0 spiro atoms. The van der Waals surface area contributed by atoms with Gasteiger partial charge in [0.1, 0.15) is 0 Å². The third-order valence-corrected chi connectivity index (χ3v) is 4.69. The molecule has 0 aromatic heterocycles. The van der Waals surface area contributed by atoms with E-state index < -0.39 is 9.84 Å². The maximum absolute atomic E-state index is 11.1. The highest BCUT2D eigenvalue weighted by Gasteiger charge is 2.16. The maximum atomic E-state index is 11.1. The van der Waals surface area contributed by atoms with Crippen LogP contribution in [0.1, 0.15) is 32.6 Å². The molecule has 0 bridgehead atoms. The fourth-order valence-electron chi connectivity index (χ4n) is 1.58. The van der Waals surface area contributed by atoms with Gasteiger partial charge in [0.05, 0.1) is 5.75 Å². The molecule has 0 unspecified atom stereocenters. The lowest BCUT2D eigenvalue weighted by Crippen LogP contribution is -2.27. The summed E-state index contributed by atoms with van der Waals surface area (Å²) in [7, 11) is -2.77. The minimum absolute atomic E-state index is 0.261. The van der Waals surface area contributed by atoms with Gasteiger partial charge in [0.15, 0.2) is 9.84 Å². The van der Waals surface area contributed by atoms with E-state index in [1.807, 2.05) is 0 Å². The van der Waals surface area contributed by atoms with Gasteiger partial charge in [-0.25, -0.2) is 8.42 Å². The van der Waals surface area contributed by atoms with Crippen molar-refractivity contribution >= 4 is 9.84 Å². The minimum atomic E-state index is -2.77. The monoisotopic (exact) mass is 219 g/mol. The third-order valence-electron chi connectivity index (χ3n) is 2.98. The molecular formula is C10H21NO2S. The molecule has 84 valence electrons. The first-order valence-electron chi connectivity index (χ1n) is 5.55. The van der Waals surface area contributed by atoms with Crippen LogP contribution in [0.3, 0.4) is 0 Å². The Morgan fingerprint density at radius 3 is 2.50 bits per heavy atom. The Kier molecular flexibility index (Phi) is 4.89. The Bertz CT molecular complexity index is 245. The summed E-state index contributed by atoms with van der Waals surface area (Å²) in [5.74, 6) is 1.45. The molecule has 0 amide bonds. The Hall–Kier alpha value is -0.0900. The number of hydrogen-bond donors (Lipinski definition) is 1. The largest absolute Gasteiger partial charge is 0.316 e. The van der Waals surface area contributed by atoms with E-state index in [0.29, 0.717) is 6.54 Å². The molecule has 0 aliphatic heterocycles. The van der Waals surface area contributed by atoms with Crippen molar-refractivity contribution in [3.05, 3.63) is 0 Å². The fourth-order valence-corrected chi connectivity index (χ4v) is 2.33. The highest BCUT2D eigenvalue weighted by Crippen LogP contribution is 2.28. The van der Waals surface area contributed by atoms with E-state index in [9.17, 15) is 8.42 Å². The molecule has 1 N–H and O–H groups in total. The van der Waals surface area contributed by atoms with Gasteiger partial charge in [-0.05, 0) is 18.9 Å². The second-order valence-electron chi connectivity index (χ2n) is 4.07. The lowest BCUT2D eigenvalue weighted by Gasteiger charge is -2.25. The lowest BCUT2D eigenvalue weighted by molar-refractivity contribution is 0.293. The molecule has 1 aliphatic rings. The molecule has 0 radical (unpaired) electrons. The molecule has 0 heterocycles. The van der Waals surface area contributed by atoms with Gasteiger partial charge < -0.3 is 5.32 Å². The van der Waals surface area contributed by atoms with Crippen molar-refractivity contribution in [2.24, 2.45) is 5.92 Å². The first-order valence-corrected chi connectivity index (χ1v) is 7.37. The van der Waals surface area contributed by atoms with Crippen molar-refractivity contribution in [3.63, 3.8) is 0 Å². The van der Waals surface area contributed by atoms with Crippen LogP contribution in [0.4, 0.5) is 0 Å². The molecule has 0 aromatic rings. The Morgan fingerprint density at radius 1 is 1.29 bits per heavy atom. The first-order chi connectivity index (χ1) is 6.64. The Labute approximate surface area is 87.2 Å². The van der Waals surface area contributed by atoms with Gasteiger partial charge >= 0.3 is 0 Å². The molecule has 1 fully saturated rings. The zero-order valence-corrected chi connectivity index (χ0v) is 9.78. The van der Waals surface area contributed by atoms with E-state index in [1.54, 1.807) is 6.92 Å². The van der Waals surface area contributed by atoms with Crippen LogP contribution < -0.4 is 5.32 Å². The summed E-state index contributed by atoms with van der Waals surface area (Å²) in [6, 6.07) is 0. The van der Waals surface area contributed by atoms with Gasteiger partial charge in [-0.3, -0.25) is 0 Å². The van der Waals surface area contributed by atoms with Crippen LogP contribution in [0.25, 0.3) is 0 Å². The van der Waals surface area contributed by atoms with Crippen molar-refractivity contribution in [2.75, 3.05) is 24.6 Å². The topological polar surface area (TPSA) is 46.2 Å². The van der Waals surface area contributed by atoms with Gasteiger partial charge in [0, 0.05) is 12.3 Å².